The van der Waals surface area contributed by atoms with Gasteiger partial charge in [0.2, 0.25) is 0 Å². The van der Waals surface area contributed by atoms with Crippen LogP contribution in [-0.4, -0.2) is 29.1 Å². The average Bonchev–Trinajstić information content (AvgIpc) is 3.02. The van der Waals surface area contributed by atoms with Crippen LogP contribution < -0.4 is 5.01 Å². The molecule has 0 aromatic heterocycles. The van der Waals surface area contributed by atoms with Gasteiger partial charge in [-0.25, -0.2) is 4.79 Å². The molecular formula is C13H9ClN2O2S. The summed E-state index contributed by atoms with van der Waals surface area (Å²) < 4.78 is 4.79. The third-order valence-corrected chi connectivity index (χ3v) is 5.11. The highest BCUT2D eigenvalue weighted by atomic mass is 35.5. The predicted octanol–water partition coefficient (Wildman–Crippen LogP) is 2.44. The quantitative estimate of drug-likeness (QED) is 0.746. The fourth-order valence-corrected chi connectivity index (χ4v) is 3.92. The van der Waals surface area contributed by atoms with Crippen molar-refractivity contribution in [3.8, 4) is 0 Å². The van der Waals surface area contributed by atoms with Crippen LogP contribution in [0.25, 0.3) is 0 Å². The summed E-state index contributed by atoms with van der Waals surface area (Å²) in [5.74, 6) is -0.308. The van der Waals surface area contributed by atoms with Crippen molar-refractivity contribution in [2.75, 3.05) is 11.6 Å². The zero-order valence-electron chi connectivity index (χ0n) is 9.75. The molecule has 4 nitrogen and oxygen atoms in total. The van der Waals surface area contributed by atoms with E-state index in [2.05, 4.69) is 11.2 Å². The van der Waals surface area contributed by atoms with Crippen molar-refractivity contribution in [1.82, 2.24) is 0 Å². The number of nitrogens with zero attached hydrogens (tertiary/aromatic N) is 2. The second kappa shape index (κ2) is 3.77. The van der Waals surface area contributed by atoms with Crippen LogP contribution in [0.2, 0.25) is 5.02 Å². The standard InChI is InChI=1S/C13H9ClN2O2S/c14-8-1-3-9(4-2-8)16-10-5-6-19-13(10)7-18-12(17)11(13)15-16/h1-6,10H,7H2. The summed E-state index contributed by atoms with van der Waals surface area (Å²) in [5, 5.41) is 9.04. The van der Waals surface area contributed by atoms with Gasteiger partial charge in [0.1, 0.15) is 11.4 Å². The molecular weight excluding hydrogens is 284 g/mol. The summed E-state index contributed by atoms with van der Waals surface area (Å²) in [5.41, 5.74) is 1.44. The highest BCUT2D eigenvalue weighted by molar-refractivity contribution is 8.04. The van der Waals surface area contributed by atoms with Crippen LogP contribution in [0.15, 0.2) is 40.9 Å². The number of carbonyl (C=O) groups excluding carboxylic acids is 1. The van der Waals surface area contributed by atoms with Crippen LogP contribution in [0.3, 0.4) is 0 Å². The van der Waals surface area contributed by atoms with Crippen LogP contribution in [0.1, 0.15) is 0 Å². The maximum atomic E-state index is 11.8. The first-order valence-electron chi connectivity index (χ1n) is 5.86. The minimum Gasteiger partial charge on any atom is -0.459 e. The largest absolute Gasteiger partial charge is 0.459 e. The van der Waals surface area contributed by atoms with Crippen molar-refractivity contribution in [3.05, 3.63) is 40.8 Å². The van der Waals surface area contributed by atoms with Crippen molar-refractivity contribution in [2.45, 2.75) is 10.8 Å². The van der Waals surface area contributed by atoms with Gasteiger partial charge in [0.15, 0.2) is 5.71 Å². The lowest BCUT2D eigenvalue weighted by molar-refractivity contribution is -0.133. The number of ether oxygens (including phenoxy) is 1. The number of hydrogen-bond donors (Lipinski definition) is 0. The van der Waals surface area contributed by atoms with E-state index in [0.717, 1.165) is 5.69 Å². The number of thioether (sulfide) groups is 1. The van der Waals surface area contributed by atoms with Crippen molar-refractivity contribution in [2.24, 2.45) is 5.10 Å². The lowest BCUT2D eigenvalue weighted by atomic mass is 9.97. The molecule has 4 rings (SSSR count). The number of cyclic esters (lactones) is 1. The first kappa shape index (κ1) is 11.4. The van der Waals surface area contributed by atoms with E-state index in [-0.39, 0.29) is 16.8 Å². The van der Waals surface area contributed by atoms with Crippen LogP contribution in [0.5, 0.6) is 0 Å². The van der Waals surface area contributed by atoms with Crippen molar-refractivity contribution < 1.29 is 9.53 Å². The van der Waals surface area contributed by atoms with E-state index in [0.29, 0.717) is 17.3 Å². The zero-order valence-corrected chi connectivity index (χ0v) is 11.3. The molecule has 0 bridgehead atoms. The number of hydrazone groups is 1. The Hall–Kier alpha value is -1.46. The first-order chi connectivity index (χ1) is 9.21. The monoisotopic (exact) mass is 292 g/mol. The van der Waals surface area contributed by atoms with Crippen molar-refractivity contribution in [1.29, 1.82) is 0 Å². The molecule has 2 atom stereocenters. The molecule has 0 radical (unpaired) electrons. The van der Waals surface area contributed by atoms with Gasteiger partial charge >= 0.3 is 5.97 Å². The highest BCUT2D eigenvalue weighted by Crippen LogP contribution is 2.49. The van der Waals surface area contributed by atoms with Gasteiger partial charge in [-0.2, -0.15) is 5.10 Å². The maximum Gasteiger partial charge on any atom is 0.356 e. The summed E-state index contributed by atoms with van der Waals surface area (Å²) in [4.78, 5) is 11.8. The molecule has 2 unspecified atom stereocenters. The normalized spacial score (nSPS) is 31.2. The highest BCUT2D eigenvalue weighted by Gasteiger charge is 2.60. The molecule has 1 saturated heterocycles. The Morgan fingerprint density at radius 1 is 1.42 bits per heavy atom. The molecule has 96 valence electrons. The van der Waals surface area contributed by atoms with Gasteiger partial charge < -0.3 is 4.74 Å². The second-order valence-electron chi connectivity index (χ2n) is 4.63. The fraction of sp³-hybridized carbons (Fsp3) is 0.231. The van der Waals surface area contributed by atoms with E-state index < -0.39 is 0 Å². The molecule has 0 saturated carbocycles. The number of anilines is 1. The molecule has 0 aliphatic carbocycles. The molecule has 0 amide bonds. The maximum absolute atomic E-state index is 11.8. The van der Waals surface area contributed by atoms with Gasteiger partial charge in [0.05, 0.1) is 11.7 Å². The Bertz CT molecular complexity index is 628. The third kappa shape index (κ3) is 1.42. The Labute approximate surface area is 119 Å². The molecule has 3 aliphatic heterocycles. The number of hydrogen-bond acceptors (Lipinski definition) is 5. The molecule has 3 heterocycles. The third-order valence-electron chi connectivity index (χ3n) is 3.59. The van der Waals surface area contributed by atoms with Crippen LogP contribution in [-0.2, 0) is 9.53 Å². The molecule has 1 fully saturated rings. The number of rotatable bonds is 1. The van der Waals surface area contributed by atoms with Gasteiger partial charge in [-0.1, -0.05) is 17.7 Å². The molecule has 0 N–H and O–H groups in total. The van der Waals surface area contributed by atoms with E-state index in [4.69, 9.17) is 16.3 Å². The molecule has 1 aromatic rings. The smallest absolute Gasteiger partial charge is 0.356 e. The molecule has 1 spiro atoms. The topological polar surface area (TPSA) is 41.9 Å². The van der Waals surface area contributed by atoms with Crippen molar-refractivity contribution >= 4 is 40.7 Å². The van der Waals surface area contributed by atoms with Crippen LogP contribution in [0.4, 0.5) is 5.69 Å². The lowest BCUT2D eigenvalue weighted by Crippen LogP contribution is -2.44. The molecule has 3 aliphatic rings. The van der Waals surface area contributed by atoms with E-state index in [1.807, 2.05) is 34.7 Å². The summed E-state index contributed by atoms with van der Waals surface area (Å²) >= 11 is 7.51. The first-order valence-corrected chi connectivity index (χ1v) is 7.12. The van der Waals surface area contributed by atoms with E-state index in [1.54, 1.807) is 11.8 Å². The minimum absolute atomic E-state index is 0.0279. The minimum atomic E-state index is -0.364. The Morgan fingerprint density at radius 3 is 3.00 bits per heavy atom. The summed E-state index contributed by atoms with van der Waals surface area (Å²) in [7, 11) is 0. The number of benzene rings is 1. The lowest BCUT2D eigenvalue weighted by Gasteiger charge is -2.27. The average molecular weight is 293 g/mol. The molecule has 1 aromatic carbocycles. The van der Waals surface area contributed by atoms with Crippen molar-refractivity contribution in [3.63, 3.8) is 0 Å². The number of esters is 1. The number of carbonyl (C=O) groups is 1. The Morgan fingerprint density at radius 2 is 2.21 bits per heavy atom. The summed E-state index contributed by atoms with van der Waals surface area (Å²) in [6.45, 7) is 0.386. The summed E-state index contributed by atoms with van der Waals surface area (Å²) in [6.07, 6.45) is 2.07. The fourth-order valence-electron chi connectivity index (χ4n) is 2.64. The predicted molar refractivity (Wildman–Crippen MR) is 75.6 cm³/mol. The second-order valence-corrected chi connectivity index (χ2v) is 6.30. The van der Waals surface area contributed by atoms with Gasteiger partial charge in [-0.3, -0.25) is 5.01 Å². The zero-order chi connectivity index (χ0) is 13.0. The SMILES string of the molecule is O=C1OCC23SC=CC2N(c2ccc(Cl)cc2)N=C13. The van der Waals surface area contributed by atoms with Crippen LogP contribution in [0, 0.1) is 0 Å². The molecule has 6 heteroatoms. The van der Waals surface area contributed by atoms with E-state index >= 15 is 0 Å². The Kier molecular flexibility index (Phi) is 2.26. The van der Waals surface area contributed by atoms with Gasteiger partial charge in [-0.15, -0.1) is 11.8 Å². The van der Waals surface area contributed by atoms with Gasteiger partial charge in [0, 0.05) is 5.02 Å². The van der Waals surface area contributed by atoms with Gasteiger partial charge in [0.25, 0.3) is 0 Å². The molecule has 19 heavy (non-hydrogen) atoms. The van der Waals surface area contributed by atoms with E-state index in [9.17, 15) is 4.79 Å². The Balaban J connectivity index is 1.80. The van der Waals surface area contributed by atoms with E-state index in [1.165, 1.54) is 0 Å². The van der Waals surface area contributed by atoms with Crippen LogP contribution >= 0.6 is 23.4 Å². The number of halogens is 1. The summed E-state index contributed by atoms with van der Waals surface area (Å²) in [6, 6.07) is 7.48. The van der Waals surface area contributed by atoms with Gasteiger partial charge in [-0.05, 0) is 29.7 Å².